The highest BCUT2D eigenvalue weighted by Crippen LogP contribution is 2.40. The van der Waals surface area contributed by atoms with E-state index >= 15 is 0 Å². The molecule has 0 atom stereocenters. The normalized spacial score (nSPS) is 10.9. The highest BCUT2D eigenvalue weighted by atomic mass is 35.5. The number of nitrogens with two attached hydrogens (primary N) is 1. The second kappa shape index (κ2) is 32.3. The van der Waals surface area contributed by atoms with E-state index in [1.54, 1.807) is 129 Å². The number of sulfonamides is 1. The number of anilines is 6. The average molecular weight is 1510 g/mol. The summed E-state index contributed by atoms with van der Waals surface area (Å²) in [6, 6.07) is 64.0. The summed E-state index contributed by atoms with van der Waals surface area (Å²) in [5.41, 5.74) is 15.2. The molecule has 0 fully saturated rings. The van der Waals surface area contributed by atoms with Crippen LogP contribution < -0.4 is 40.0 Å². The minimum Gasteiger partial charge on any atom is -0.497 e. The maximum absolute atomic E-state index is 11.6. The summed E-state index contributed by atoms with van der Waals surface area (Å²) in [5.74, 6) is 4.04. The maximum atomic E-state index is 11.6. The third kappa shape index (κ3) is 17.0. The highest BCUT2D eigenvalue weighted by Gasteiger charge is 2.22. The molecule has 0 aliphatic carbocycles. The number of aromatic nitrogens is 14. The third-order valence-electron chi connectivity index (χ3n) is 16.7. The Balaban J connectivity index is 0.000000139. The van der Waals surface area contributed by atoms with E-state index in [1.807, 2.05) is 109 Å². The van der Waals surface area contributed by atoms with E-state index in [4.69, 9.17) is 68.1 Å². The van der Waals surface area contributed by atoms with Crippen molar-refractivity contribution in [1.82, 2.24) is 69.4 Å². The quantitative estimate of drug-likeness (QED) is 0.0438. The molecule has 8 heterocycles. The number of aryl methyl sites for hydroxylation is 2. The number of fused-ring (bicyclic) bond motifs is 3. The minimum absolute atomic E-state index is 0.0578. The number of benzene rings is 8. The predicted octanol–water partition coefficient (Wildman–Crippen LogP) is 17.2. The van der Waals surface area contributed by atoms with Gasteiger partial charge < -0.3 is 49.4 Å². The minimum atomic E-state index is -3.76. The summed E-state index contributed by atoms with van der Waals surface area (Å²) in [5, 5.41) is 42.5. The van der Waals surface area contributed by atoms with Gasteiger partial charge in [0, 0.05) is 48.4 Å². The van der Waals surface area contributed by atoms with Crippen LogP contribution in [0.15, 0.2) is 243 Å². The van der Waals surface area contributed by atoms with Crippen molar-refractivity contribution < 1.29 is 27.4 Å². The fourth-order valence-electron chi connectivity index (χ4n) is 11.3. The van der Waals surface area contributed by atoms with Crippen molar-refractivity contribution in [2.24, 2.45) is 5.14 Å². The standard InChI is InChI=1S/C31H22ClN7O2.C26H21N7O3S.C23H14ClN7O/c1-40-25-9-4-21(5-10-25)18-39-19-35-29-28(39)30(38-31(37-29)36-24-7-2-20(17-33)3-8-24)41-27-11-6-23(16-26(27)32)22-12-14-34-15-13-22;1-15-11-19(18-5-9-21(10-6-18)37(28,34)35)12-16(2)23(15)36-25-22-24(30-14-29-22)32-26(33-25)31-20-7-3-17(13-27)4-8-20;24-18-11-16(15-7-9-26-10-8-15)3-6-19(18)32-22-20-21(28-13-27-20)30-23(31-22)29-17-4-1-14(12-25)2-5-17/h2-16,19H,18H2,1H3,(H,36,37,38);3-12,14H,1-2H3,(H2,28,34,35)(H2,29,30,31,32,33);1-11,13H,(H2,27,28,29,30,31). The van der Waals surface area contributed by atoms with Gasteiger partial charge in [0.25, 0.3) is 17.6 Å². The van der Waals surface area contributed by atoms with E-state index in [-0.39, 0.29) is 22.6 Å². The molecular weight excluding hydrogens is 1450 g/mol. The van der Waals surface area contributed by atoms with Crippen molar-refractivity contribution >= 4 is 102 Å². The summed E-state index contributed by atoms with van der Waals surface area (Å²) >= 11 is 13.2. The first-order valence-electron chi connectivity index (χ1n) is 33.3. The number of methoxy groups -OCH3 is 1. The summed E-state index contributed by atoms with van der Waals surface area (Å²) in [7, 11) is -2.12. The number of nitrogens with zero attached hydrogens (tertiary/aromatic N) is 15. The van der Waals surface area contributed by atoms with Crippen LogP contribution in [0.25, 0.3) is 66.9 Å². The summed E-state index contributed by atoms with van der Waals surface area (Å²) in [4.78, 5) is 54.4. The molecule has 8 aromatic carbocycles. The van der Waals surface area contributed by atoms with Gasteiger partial charge in [-0.25, -0.2) is 28.5 Å². The SMILES string of the molecule is COc1ccc(Cn2cnc3nc(Nc4ccc(C#N)cc4)nc(Oc4ccc(-c5ccncc5)cc4Cl)c32)cc1.Cc1cc(-c2ccc(S(N)(=O)=O)cc2)cc(C)c1Oc1nc(Nc2ccc(C#N)cc2)nc2nc[nH]c12.N#Cc1ccc(Nc2nc(Oc3ccc(-c4ccncc4)cc3Cl)c3[nH]cnc3n2)cc1. The van der Waals surface area contributed by atoms with Crippen molar-refractivity contribution in [3.8, 4) is 92.2 Å². The van der Waals surface area contributed by atoms with Gasteiger partial charge in [-0.2, -0.15) is 45.7 Å². The highest BCUT2D eigenvalue weighted by molar-refractivity contribution is 7.89. The van der Waals surface area contributed by atoms with E-state index in [9.17, 15) is 8.42 Å². The second-order valence-corrected chi connectivity index (χ2v) is 26.5. The summed E-state index contributed by atoms with van der Waals surface area (Å²) < 4.78 is 49.0. The van der Waals surface area contributed by atoms with Gasteiger partial charge in [0.1, 0.15) is 34.0 Å². The Morgan fingerprint density at radius 2 is 0.891 bits per heavy atom. The molecule has 7 N–H and O–H groups in total. The molecule has 30 heteroatoms. The monoisotopic (exact) mass is 1510 g/mol. The van der Waals surface area contributed by atoms with Crippen LogP contribution >= 0.6 is 23.2 Å². The van der Waals surface area contributed by atoms with Crippen LogP contribution in [-0.4, -0.2) is 84.9 Å². The Bertz CT molecular complexity index is 6280. The van der Waals surface area contributed by atoms with Gasteiger partial charge >= 0.3 is 0 Å². The third-order valence-corrected chi connectivity index (χ3v) is 18.3. The van der Waals surface area contributed by atoms with Gasteiger partial charge in [0.15, 0.2) is 22.5 Å². The number of H-pyrrole nitrogens is 2. The molecule has 0 bridgehead atoms. The summed E-state index contributed by atoms with van der Waals surface area (Å²) in [6.45, 7) is 4.36. The number of ether oxygens (including phenoxy) is 4. The maximum Gasteiger partial charge on any atom is 0.250 e. The number of halogens is 2. The molecule has 0 amide bonds. The first-order valence-corrected chi connectivity index (χ1v) is 35.6. The lowest BCUT2D eigenvalue weighted by Crippen LogP contribution is -2.11. The molecule has 0 saturated heterocycles. The number of nitrogens with one attached hydrogen (secondary N) is 5. The van der Waals surface area contributed by atoms with Gasteiger partial charge in [-0.1, -0.05) is 59.6 Å². The van der Waals surface area contributed by atoms with Gasteiger partial charge in [-0.05, 0) is 222 Å². The Morgan fingerprint density at radius 3 is 1.33 bits per heavy atom. The number of imidazole rings is 3. The van der Waals surface area contributed by atoms with Crippen LogP contribution in [0.4, 0.5) is 34.9 Å². The number of primary sulfonamides is 1. The lowest BCUT2D eigenvalue weighted by molar-refractivity contribution is 0.414. The van der Waals surface area contributed by atoms with Crippen LogP contribution in [0.1, 0.15) is 33.4 Å². The lowest BCUT2D eigenvalue weighted by Gasteiger charge is -2.15. The number of pyridine rings is 2. The molecule has 538 valence electrons. The van der Waals surface area contributed by atoms with Gasteiger partial charge in [-0.3, -0.25) is 9.97 Å². The van der Waals surface area contributed by atoms with Crippen molar-refractivity contribution in [2.75, 3.05) is 23.1 Å². The van der Waals surface area contributed by atoms with E-state index < -0.39 is 10.0 Å². The topological polar surface area (TPSA) is 383 Å². The average Bonchev–Trinajstić information content (AvgIpc) is 1.57. The molecule has 16 rings (SSSR count). The van der Waals surface area contributed by atoms with Gasteiger partial charge in [0.2, 0.25) is 27.9 Å². The molecule has 16 aromatic rings. The summed E-state index contributed by atoms with van der Waals surface area (Å²) in [6.07, 6.45) is 11.7. The largest absolute Gasteiger partial charge is 0.497 e. The number of hydrogen-bond acceptors (Lipinski definition) is 23. The van der Waals surface area contributed by atoms with E-state index in [1.165, 1.54) is 24.8 Å². The molecule has 0 radical (unpaired) electrons. The van der Waals surface area contributed by atoms with Crippen LogP contribution in [-0.2, 0) is 16.6 Å². The van der Waals surface area contributed by atoms with Crippen LogP contribution in [0, 0.1) is 47.8 Å². The molecule has 0 aliphatic heterocycles. The number of hydrogen-bond donors (Lipinski definition) is 6. The number of aromatic amines is 2. The van der Waals surface area contributed by atoms with Crippen LogP contribution in [0.5, 0.6) is 40.6 Å². The van der Waals surface area contributed by atoms with Crippen molar-refractivity contribution in [1.29, 1.82) is 15.8 Å². The first-order chi connectivity index (χ1) is 53.5. The molecular formula is C80H57Cl2N21O6S. The Hall–Kier alpha value is -14.7. The Labute approximate surface area is 637 Å². The molecule has 0 spiro atoms. The van der Waals surface area contributed by atoms with E-state index in [0.717, 1.165) is 61.5 Å². The zero-order valence-electron chi connectivity index (χ0n) is 58.1. The smallest absolute Gasteiger partial charge is 0.250 e. The molecule has 8 aromatic heterocycles. The lowest BCUT2D eigenvalue weighted by atomic mass is 10.00. The fourth-order valence-corrected chi connectivity index (χ4v) is 12.3. The van der Waals surface area contributed by atoms with Crippen molar-refractivity contribution in [2.45, 2.75) is 25.3 Å². The Kier molecular flexibility index (Phi) is 21.2. The fraction of sp³-hybridized carbons (Fsp3) is 0.0500. The van der Waals surface area contributed by atoms with E-state index in [2.05, 4.69) is 94.0 Å². The molecule has 0 unspecified atom stereocenters. The molecule has 110 heavy (non-hydrogen) atoms. The zero-order valence-corrected chi connectivity index (χ0v) is 60.5. The van der Waals surface area contributed by atoms with Gasteiger partial charge in [-0.15, -0.1) is 0 Å². The van der Waals surface area contributed by atoms with E-state index in [0.29, 0.717) is 113 Å². The number of nitriles is 3. The number of rotatable bonds is 19. The van der Waals surface area contributed by atoms with Gasteiger partial charge in [0.05, 0.1) is 75.9 Å². The molecule has 27 nitrogen and oxygen atoms in total. The molecule has 0 aliphatic rings. The predicted molar refractivity (Wildman–Crippen MR) is 416 cm³/mol. The van der Waals surface area contributed by atoms with Crippen molar-refractivity contribution in [3.05, 3.63) is 281 Å². The van der Waals surface area contributed by atoms with Crippen LogP contribution in [0.3, 0.4) is 0 Å². The zero-order chi connectivity index (χ0) is 76.3. The Morgan fingerprint density at radius 1 is 0.473 bits per heavy atom. The first kappa shape index (κ1) is 72.2. The van der Waals surface area contributed by atoms with Crippen LogP contribution in [0.2, 0.25) is 10.0 Å². The second-order valence-electron chi connectivity index (χ2n) is 24.2. The molecule has 0 saturated carbocycles. The van der Waals surface area contributed by atoms with Crippen molar-refractivity contribution in [3.63, 3.8) is 0 Å².